The molecule has 5 amide bonds. The fraction of sp³-hybridized carbons (Fsp3) is 0.167. The second kappa shape index (κ2) is 11.0. The number of rotatable bonds is 6. The molecular weight excluding hydrogens is 437 g/mol. The van der Waals surface area contributed by atoms with E-state index in [-0.39, 0.29) is 5.02 Å². The molecular formula is C18H19Cl2N5O5. The summed E-state index contributed by atoms with van der Waals surface area (Å²) in [5.74, 6) is 0.247. The van der Waals surface area contributed by atoms with E-state index in [1.807, 2.05) is 0 Å². The Balaban J connectivity index is 1.77. The van der Waals surface area contributed by atoms with Gasteiger partial charge in [-0.05, 0) is 30.3 Å². The number of hydrazine groups is 1. The van der Waals surface area contributed by atoms with Gasteiger partial charge in [0.25, 0.3) is 5.91 Å². The molecule has 10 nitrogen and oxygen atoms in total. The third kappa shape index (κ3) is 6.90. The Labute approximate surface area is 182 Å². The van der Waals surface area contributed by atoms with Gasteiger partial charge in [0.2, 0.25) is 0 Å². The van der Waals surface area contributed by atoms with Gasteiger partial charge in [-0.15, -0.1) is 0 Å². The molecule has 0 aliphatic carbocycles. The number of benzene rings is 2. The van der Waals surface area contributed by atoms with Crippen molar-refractivity contribution < 1.29 is 23.9 Å². The van der Waals surface area contributed by atoms with Gasteiger partial charge in [0.1, 0.15) is 18.0 Å². The van der Waals surface area contributed by atoms with Crippen molar-refractivity contribution in [1.29, 1.82) is 0 Å². The second-order valence-corrected chi connectivity index (χ2v) is 6.44. The molecule has 0 aliphatic rings. The first-order valence-corrected chi connectivity index (χ1v) is 9.15. The number of anilines is 2. The highest BCUT2D eigenvalue weighted by Crippen LogP contribution is 2.28. The van der Waals surface area contributed by atoms with Crippen LogP contribution in [0.15, 0.2) is 36.4 Å². The van der Waals surface area contributed by atoms with E-state index in [4.69, 9.17) is 32.7 Å². The molecule has 0 fully saturated rings. The minimum atomic E-state index is -0.727. The Morgan fingerprint density at radius 1 is 0.867 bits per heavy atom. The summed E-state index contributed by atoms with van der Waals surface area (Å²) in [4.78, 5) is 35.6. The summed E-state index contributed by atoms with van der Waals surface area (Å²) in [6, 6.07) is 7.99. The molecule has 0 saturated heterocycles. The number of hydrogen-bond donors (Lipinski definition) is 5. The zero-order valence-electron chi connectivity index (χ0n) is 16.0. The van der Waals surface area contributed by atoms with E-state index in [0.29, 0.717) is 27.9 Å². The van der Waals surface area contributed by atoms with Crippen LogP contribution in [0.4, 0.5) is 21.0 Å². The van der Waals surface area contributed by atoms with E-state index in [2.05, 4.69) is 26.8 Å². The lowest BCUT2D eigenvalue weighted by atomic mass is 10.2. The minimum absolute atomic E-state index is 0.273. The van der Waals surface area contributed by atoms with Crippen LogP contribution >= 0.6 is 23.2 Å². The standard InChI is InChI=1S/C18H19Cl2N5O5/c1-29-11-4-6-15(30-2)14(8-11)23-18(28)25-24-16(26)9-21-17(27)22-10-3-5-12(19)13(20)7-10/h3-8H,9H2,1-2H3,(H,24,26)(H2,21,22,27)(H2,23,25,28). The van der Waals surface area contributed by atoms with Gasteiger partial charge in [0, 0.05) is 11.8 Å². The molecule has 12 heteroatoms. The highest BCUT2D eigenvalue weighted by molar-refractivity contribution is 6.42. The third-order valence-electron chi connectivity index (χ3n) is 3.56. The van der Waals surface area contributed by atoms with Gasteiger partial charge in [-0.2, -0.15) is 0 Å². The number of ether oxygens (including phenoxy) is 2. The zero-order valence-corrected chi connectivity index (χ0v) is 17.5. The molecule has 2 aromatic rings. The van der Waals surface area contributed by atoms with Crippen LogP contribution in [-0.4, -0.2) is 38.7 Å². The molecule has 0 unspecified atom stereocenters. The topological polar surface area (TPSA) is 130 Å². The Hall–Kier alpha value is -3.37. The monoisotopic (exact) mass is 455 g/mol. The van der Waals surface area contributed by atoms with Gasteiger partial charge in [0.05, 0.1) is 30.0 Å². The van der Waals surface area contributed by atoms with E-state index in [1.54, 1.807) is 24.3 Å². The van der Waals surface area contributed by atoms with Crippen LogP contribution in [0.2, 0.25) is 10.0 Å². The first-order chi connectivity index (χ1) is 14.3. The van der Waals surface area contributed by atoms with Crippen molar-refractivity contribution in [3.8, 4) is 11.5 Å². The highest BCUT2D eigenvalue weighted by atomic mass is 35.5. The van der Waals surface area contributed by atoms with Crippen LogP contribution in [-0.2, 0) is 4.79 Å². The van der Waals surface area contributed by atoms with E-state index in [1.165, 1.54) is 26.4 Å². The van der Waals surface area contributed by atoms with E-state index in [9.17, 15) is 14.4 Å². The Morgan fingerprint density at radius 2 is 1.63 bits per heavy atom. The van der Waals surface area contributed by atoms with Crippen molar-refractivity contribution in [2.75, 3.05) is 31.4 Å². The molecule has 0 radical (unpaired) electrons. The van der Waals surface area contributed by atoms with Gasteiger partial charge >= 0.3 is 12.1 Å². The highest BCUT2D eigenvalue weighted by Gasteiger charge is 2.11. The lowest BCUT2D eigenvalue weighted by molar-refractivity contribution is -0.120. The second-order valence-electron chi connectivity index (χ2n) is 5.63. The number of halogens is 2. The summed E-state index contributed by atoms with van der Waals surface area (Å²) in [5.41, 5.74) is 5.04. The molecule has 0 aromatic heterocycles. The van der Waals surface area contributed by atoms with Gasteiger partial charge in [-0.25, -0.2) is 15.0 Å². The van der Waals surface area contributed by atoms with Crippen LogP contribution in [0, 0.1) is 0 Å². The van der Waals surface area contributed by atoms with Crippen LogP contribution in [0.25, 0.3) is 0 Å². The summed E-state index contributed by atoms with van der Waals surface area (Å²) < 4.78 is 10.2. The number of amides is 5. The van der Waals surface area contributed by atoms with Crippen molar-refractivity contribution in [2.24, 2.45) is 0 Å². The molecule has 0 bridgehead atoms. The average molecular weight is 456 g/mol. The molecule has 2 rings (SSSR count). The first kappa shape index (κ1) is 22.9. The number of urea groups is 2. The fourth-order valence-corrected chi connectivity index (χ4v) is 2.44. The Bertz CT molecular complexity index is 941. The molecule has 0 aliphatic heterocycles. The maximum atomic E-state index is 12.0. The number of nitrogens with one attached hydrogen (secondary N) is 5. The zero-order chi connectivity index (χ0) is 22.1. The molecule has 0 atom stereocenters. The van der Waals surface area contributed by atoms with E-state index < -0.39 is 24.5 Å². The Kier molecular flexibility index (Phi) is 8.39. The van der Waals surface area contributed by atoms with Crippen molar-refractivity contribution in [3.05, 3.63) is 46.4 Å². The fourth-order valence-electron chi connectivity index (χ4n) is 2.15. The van der Waals surface area contributed by atoms with Gasteiger partial charge in [-0.1, -0.05) is 23.2 Å². The van der Waals surface area contributed by atoms with Gasteiger partial charge < -0.3 is 25.4 Å². The summed E-state index contributed by atoms with van der Waals surface area (Å²) in [5, 5.41) is 7.94. The summed E-state index contributed by atoms with van der Waals surface area (Å²) >= 11 is 11.7. The van der Waals surface area contributed by atoms with Crippen molar-refractivity contribution >= 4 is 52.5 Å². The largest absolute Gasteiger partial charge is 0.497 e. The maximum absolute atomic E-state index is 12.0. The van der Waals surface area contributed by atoms with Gasteiger partial charge in [0.15, 0.2) is 0 Å². The van der Waals surface area contributed by atoms with Crippen LogP contribution in [0.5, 0.6) is 11.5 Å². The third-order valence-corrected chi connectivity index (χ3v) is 4.30. The number of methoxy groups -OCH3 is 2. The molecule has 5 N–H and O–H groups in total. The lowest BCUT2D eigenvalue weighted by Gasteiger charge is -2.13. The summed E-state index contributed by atoms with van der Waals surface area (Å²) in [6.45, 7) is -0.393. The quantitative estimate of drug-likeness (QED) is 0.427. The molecule has 0 heterocycles. The normalized spacial score (nSPS) is 9.87. The molecule has 160 valence electrons. The predicted molar refractivity (Wildman–Crippen MR) is 113 cm³/mol. The molecule has 30 heavy (non-hydrogen) atoms. The molecule has 0 spiro atoms. The average Bonchev–Trinajstić information content (AvgIpc) is 2.73. The number of hydrogen-bond acceptors (Lipinski definition) is 5. The predicted octanol–water partition coefficient (Wildman–Crippen LogP) is 2.98. The minimum Gasteiger partial charge on any atom is -0.497 e. The first-order valence-electron chi connectivity index (χ1n) is 8.40. The lowest BCUT2D eigenvalue weighted by Crippen LogP contribution is -2.48. The SMILES string of the molecule is COc1ccc(OC)c(NC(=O)NNC(=O)CNC(=O)Nc2ccc(Cl)c(Cl)c2)c1. The van der Waals surface area contributed by atoms with Crippen LogP contribution in [0.3, 0.4) is 0 Å². The summed E-state index contributed by atoms with van der Waals surface area (Å²) in [7, 11) is 2.93. The number of carbonyl (C=O) groups excluding carboxylic acids is 3. The van der Waals surface area contributed by atoms with E-state index in [0.717, 1.165) is 0 Å². The van der Waals surface area contributed by atoms with Crippen molar-refractivity contribution in [3.63, 3.8) is 0 Å². The Morgan fingerprint density at radius 3 is 2.30 bits per heavy atom. The van der Waals surface area contributed by atoms with Crippen molar-refractivity contribution in [1.82, 2.24) is 16.2 Å². The molecule has 2 aromatic carbocycles. The van der Waals surface area contributed by atoms with E-state index >= 15 is 0 Å². The van der Waals surface area contributed by atoms with Crippen LogP contribution in [0.1, 0.15) is 0 Å². The van der Waals surface area contributed by atoms with Gasteiger partial charge in [-0.3, -0.25) is 10.2 Å². The maximum Gasteiger partial charge on any atom is 0.338 e. The number of carbonyl (C=O) groups is 3. The molecule has 0 saturated carbocycles. The summed E-state index contributed by atoms with van der Waals surface area (Å²) in [6.07, 6.45) is 0. The smallest absolute Gasteiger partial charge is 0.338 e. The van der Waals surface area contributed by atoms with Crippen LogP contribution < -0.4 is 36.3 Å². The van der Waals surface area contributed by atoms with Crippen molar-refractivity contribution in [2.45, 2.75) is 0 Å².